The zero-order chi connectivity index (χ0) is 20.3. The first-order valence-electron chi connectivity index (χ1n) is 8.61. The van der Waals surface area contributed by atoms with Gasteiger partial charge in [0.05, 0.1) is 6.61 Å². The molecule has 0 spiro atoms. The van der Waals surface area contributed by atoms with Gasteiger partial charge in [-0.1, -0.05) is 30.3 Å². The number of aliphatic hydroxyl groups excluding tert-OH is 2. The fourth-order valence-corrected chi connectivity index (χ4v) is 3.06. The van der Waals surface area contributed by atoms with Crippen LogP contribution < -0.4 is 16.6 Å². The van der Waals surface area contributed by atoms with Gasteiger partial charge in [0.15, 0.2) is 6.23 Å². The standard InChI is InChI=1S/C18H21N3O7/c1-27-14-13(23)12(9-22)28-17(14)21-8-11(16(25)20-18(21)26)15(24)19-7-10-5-3-2-4-6-10/h2-6,8,12-14,17,22-23H,7,9H2,1H3,(H,19,24)(H,20,25,26)/t12-,13?,14?,17-/m1/s1. The number of hydrogen-bond acceptors (Lipinski definition) is 7. The third-order valence-corrected chi connectivity index (χ3v) is 4.55. The Kier molecular flexibility index (Phi) is 6.05. The van der Waals surface area contributed by atoms with Crippen molar-refractivity contribution in [3.63, 3.8) is 0 Å². The molecule has 0 radical (unpaired) electrons. The summed E-state index contributed by atoms with van der Waals surface area (Å²) in [6.45, 7) is -0.287. The molecule has 1 aliphatic heterocycles. The van der Waals surface area contributed by atoms with E-state index in [9.17, 15) is 24.6 Å². The lowest BCUT2D eigenvalue weighted by Gasteiger charge is -2.20. The van der Waals surface area contributed by atoms with Crippen molar-refractivity contribution in [2.45, 2.75) is 31.1 Å². The predicted octanol–water partition coefficient (Wildman–Crippen LogP) is -1.27. The Hall–Kier alpha value is -2.79. The number of nitrogens with one attached hydrogen (secondary N) is 2. The van der Waals surface area contributed by atoms with Gasteiger partial charge in [-0.3, -0.25) is 19.1 Å². The zero-order valence-electron chi connectivity index (χ0n) is 15.1. The van der Waals surface area contributed by atoms with Gasteiger partial charge < -0.3 is 25.0 Å². The number of nitrogens with zero attached hydrogens (tertiary/aromatic N) is 1. The molecule has 1 aliphatic rings. The van der Waals surface area contributed by atoms with Crippen LogP contribution in [0.1, 0.15) is 22.1 Å². The second-order valence-electron chi connectivity index (χ2n) is 6.32. The molecular formula is C18H21N3O7. The summed E-state index contributed by atoms with van der Waals surface area (Å²) in [5.41, 5.74) is -1.13. The molecule has 0 aliphatic carbocycles. The summed E-state index contributed by atoms with van der Waals surface area (Å²) in [5.74, 6) is -0.676. The zero-order valence-corrected chi connectivity index (χ0v) is 15.1. The summed E-state index contributed by atoms with van der Waals surface area (Å²) in [5, 5.41) is 22.0. The minimum atomic E-state index is -1.19. The monoisotopic (exact) mass is 391 g/mol. The van der Waals surface area contributed by atoms with E-state index in [-0.39, 0.29) is 12.1 Å². The molecule has 4 atom stereocenters. The van der Waals surface area contributed by atoms with Gasteiger partial charge in [-0.25, -0.2) is 4.79 Å². The Labute approximate surface area is 159 Å². The Morgan fingerprint density at radius 3 is 2.68 bits per heavy atom. The summed E-state index contributed by atoms with van der Waals surface area (Å²) in [7, 11) is 1.31. The molecule has 3 rings (SSSR count). The van der Waals surface area contributed by atoms with Gasteiger partial charge in [0.2, 0.25) is 0 Å². The van der Waals surface area contributed by atoms with Gasteiger partial charge in [0.25, 0.3) is 11.5 Å². The molecule has 10 heteroatoms. The molecule has 2 heterocycles. The maximum absolute atomic E-state index is 12.4. The number of aromatic amines is 1. The van der Waals surface area contributed by atoms with Crippen molar-refractivity contribution >= 4 is 5.91 Å². The number of carbonyl (C=O) groups excluding carboxylic acids is 1. The molecule has 1 saturated heterocycles. The van der Waals surface area contributed by atoms with E-state index in [1.807, 2.05) is 30.3 Å². The van der Waals surface area contributed by atoms with Crippen LogP contribution in [0.2, 0.25) is 0 Å². The number of amides is 1. The van der Waals surface area contributed by atoms with E-state index in [0.29, 0.717) is 0 Å². The minimum absolute atomic E-state index is 0.199. The van der Waals surface area contributed by atoms with Crippen molar-refractivity contribution in [2.75, 3.05) is 13.7 Å². The molecule has 0 bridgehead atoms. The van der Waals surface area contributed by atoms with Crippen LogP contribution in [0, 0.1) is 0 Å². The van der Waals surface area contributed by atoms with E-state index in [1.165, 1.54) is 7.11 Å². The van der Waals surface area contributed by atoms with Crippen LogP contribution in [0.15, 0.2) is 46.1 Å². The van der Waals surface area contributed by atoms with E-state index in [1.54, 1.807) is 0 Å². The molecule has 1 amide bonds. The summed E-state index contributed by atoms with van der Waals surface area (Å²) < 4.78 is 11.6. The first-order chi connectivity index (χ1) is 13.5. The van der Waals surface area contributed by atoms with Crippen LogP contribution >= 0.6 is 0 Å². The smallest absolute Gasteiger partial charge is 0.330 e. The van der Waals surface area contributed by atoms with E-state index in [0.717, 1.165) is 16.3 Å². The van der Waals surface area contributed by atoms with E-state index < -0.39 is 48.3 Å². The number of carbonyl (C=O) groups is 1. The summed E-state index contributed by atoms with van der Waals surface area (Å²) >= 11 is 0. The number of rotatable bonds is 6. The molecule has 150 valence electrons. The van der Waals surface area contributed by atoms with Crippen molar-refractivity contribution in [1.29, 1.82) is 0 Å². The van der Waals surface area contributed by atoms with Crippen LogP contribution in [0.25, 0.3) is 0 Å². The highest BCUT2D eigenvalue weighted by molar-refractivity contribution is 5.93. The highest BCUT2D eigenvalue weighted by Crippen LogP contribution is 2.30. The molecule has 2 unspecified atom stereocenters. The first-order valence-corrected chi connectivity index (χ1v) is 8.61. The van der Waals surface area contributed by atoms with Crippen molar-refractivity contribution in [3.05, 3.63) is 68.5 Å². The highest BCUT2D eigenvalue weighted by Gasteiger charge is 2.45. The van der Waals surface area contributed by atoms with Crippen LogP contribution in [0.5, 0.6) is 0 Å². The fourth-order valence-electron chi connectivity index (χ4n) is 3.06. The van der Waals surface area contributed by atoms with E-state index in [4.69, 9.17) is 9.47 Å². The predicted molar refractivity (Wildman–Crippen MR) is 96.7 cm³/mol. The third-order valence-electron chi connectivity index (χ3n) is 4.55. The number of H-pyrrole nitrogens is 1. The summed E-state index contributed by atoms with van der Waals surface area (Å²) in [6.07, 6.45) is -3.19. The molecular weight excluding hydrogens is 370 g/mol. The largest absolute Gasteiger partial charge is 0.394 e. The van der Waals surface area contributed by atoms with Gasteiger partial charge in [0.1, 0.15) is 23.9 Å². The molecule has 1 fully saturated rings. The molecule has 0 saturated carbocycles. The van der Waals surface area contributed by atoms with Crippen molar-refractivity contribution in [1.82, 2.24) is 14.9 Å². The second kappa shape index (κ2) is 8.48. The van der Waals surface area contributed by atoms with Gasteiger partial charge in [-0.05, 0) is 5.56 Å². The maximum Gasteiger partial charge on any atom is 0.330 e. The molecule has 2 aromatic rings. The fraction of sp³-hybridized carbons (Fsp3) is 0.389. The summed E-state index contributed by atoms with van der Waals surface area (Å²) in [6, 6.07) is 9.11. The minimum Gasteiger partial charge on any atom is -0.394 e. The molecule has 1 aromatic heterocycles. The van der Waals surface area contributed by atoms with Crippen LogP contribution in [0.3, 0.4) is 0 Å². The van der Waals surface area contributed by atoms with Crippen LogP contribution in [0.4, 0.5) is 0 Å². The third kappa shape index (κ3) is 3.90. The van der Waals surface area contributed by atoms with Gasteiger partial charge in [-0.15, -0.1) is 0 Å². The Morgan fingerprint density at radius 2 is 2.04 bits per heavy atom. The van der Waals surface area contributed by atoms with Gasteiger partial charge in [0, 0.05) is 19.9 Å². The van der Waals surface area contributed by atoms with Crippen LogP contribution in [-0.2, 0) is 16.0 Å². The SMILES string of the molecule is COC1C(O)[C@@H](CO)O[C@H]1n1cc(C(=O)NCc2ccccc2)c(=O)[nH]c1=O. The lowest BCUT2D eigenvalue weighted by molar-refractivity contribution is -0.0626. The molecule has 10 nitrogen and oxygen atoms in total. The highest BCUT2D eigenvalue weighted by atomic mass is 16.6. The average Bonchev–Trinajstić information content (AvgIpc) is 3.02. The van der Waals surface area contributed by atoms with Crippen LogP contribution in [-0.4, -0.2) is 57.7 Å². The Balaban J connectivity index is 1.87. The van der Waals surface area contributed by atoms with E-state index >= 15 is 0 Å². The number of hydrogen-bond donors (Lipinski definition) is 4. The lowest BCUT2D eigenvalue weighted by Crippen LogP contribution is -2.41. The van der Waals surface area contributed by atoms with Crippen molar-refractivity contribution < 1.29 is 24.5 Å². The first kappa shape index (κ1) is 20.0. The quantitative estimate of drug-likeness (QED) is 0.481. The number of aromatic nitrogens is 2. The maximum atomic E-state index is 12.4. The number of methoxy groups -OCH3 is 1. The topological polar surface area (TPSA) is 143 Å². The second-order valence-corrected chi connectivity index (χ2v) is 6.32. The average molecular weight is 391 g/mol. The van der Waals surface area contributed by atoms with Crippen molar-refractivity contribution in [3.8, 4) is 0 Å². The number of benzene rings is 1. The van der Waals surface area contributed by atoms with Gasteiger partial charge in [-0.2, -0.15) is 0 Å². The normalized spacial score (nSPS) is 24.2. The molecule has 4 N–H and O–H groups in total. The molecule has 28 heavy (non-hydrogen) atoms. The Morgan fingerprint density at radius 1 is 1.32 bits per heavy atom. The molecule has 1 aromatic carbocycles. The van der Waals surface area contributed by atoms with Gasteiger partial charge >= 0.3 is 5.69 Å². The lowest BCUT2D eigenvalue weighted by atomic mass is 10.1. The summed E-state index contributed by atoms with van der Waals surface area (Å²) in [4.78, 5) is 38.9. The Bertz CT molecular complexity index is 940. The number of ether oxygens (including phenoxy) is 2. The van der Waals surface area contributed by atoms with Crippen molar-refractivity contribution in [2.24, 2.45) is 0 Å². The van der Waals surface area contributed by atoms with E-state index in [2.05, 4.69) is 10.3 Å². The number of aliphatic hydroxyl groups is 2.